The number of nitrogens with zero attached hydrogens (tertiary/aromatic N) is 1. The molecule has 1 aliphatic rings. The first-order chi connectivity index (χ1) is 8.24. The van der Waals surface area contributed by atoms with Gasteiger partial charge in [0.2, 0.25) is 0 Å². The fourth-order valence-electron chi connectivity index (χ4n) is 2.38. The minimum Gasteiger partial charge on any atom is -0.396 e. The zero-order valence-electron chi connectivity index (χ0n) is 9.49. The average molecular weight is 295 g/mol. The van der Waals surface area contributed by atoms with Gasteiger partial charge in [0.1, 0.15) is 6.07 Å². The van der Waals surface area contributed by atoms with Crippen molar-refractivity contribution in [2.75, 3.05) is 11.9 Å². The maximum Gasteiger partial charge on any atom is 0.101 e. The molecule has 2 rings (SSSR count). The number of hydrogen-bond donors (Lipinski definition) is 2. The molecule has 1 fully saturated rings. The molecule has 2 unspecified atom stereocenters. The van der Waals surface area contributed by atoms with Crippen LogP contribution in [0.25, 0.3) is 0 Å². The summed E-state index contributed by atoms with van der Waals surface area (Å²) in [4.78, 5) is 0. The average Bonchev–Trinajstić information content (AvgIpc) is 2.78. The SMILES string of the molecule is N#Cc1cc(Br)ccc1NC1CCCC1CO. The van der Waals surface area contributed by atoms with E-state index in [9.17, 15) is 5.11 Å². The third-order valence-electron chi connectivity index (χ3n) is 3.34. The van der Waals surface area contributed by atoms with E-state index in [-0.39, 0.29) is 12.6 Å². The topological polar surface area (TPSA) is 56.0 Å². The standard InChI is InChI=1S/C13H15BrN2O/c14-11-4-5-13(10(6-11)7-15)16-12-3-1-2-9(12)8-17/h4-6,9,12,16-17H,1-3,8H2. The van der Waals surface area contributed by atoms with E-state index < -0.39 is 0 Å². The summed E-state index contributed by atoms with van der Waals surface area (Å²) in [6.07, 6.45) is 3.26. The number of benzene rings is 1. The number of anilines is 1. The van der Waals surface area contributed by atoms with E-state index in [2.05, 4.69) is 27.3 Å². The van der Waals surface area contributed by atoms with Gasteiger partial charge in [-0.05, 0) is 31.0 Å². The van der Waals surface area contributed by atoms with E-state index in [1.54, 1.807) is 0 Å². The van der Waals surface area contributed by atoms with Crippen LogP contribution in [0.5, 0.6) is 0 Å². The molecule has 0 aliphatic heterocycles. The fourth-order valence-corrected chi connectivity index (χ4v) is 2.74. The molecule has 0 heterocycles. The van der Waals surface area contributed by atoms with Crippen molar-refractivity contribution in [3.8, 4) is 6.07 Å². The van der Waals surface area contributed by atoms with E-state index in [0.29, 0.717) is 11.5 Å². The second-order valence-electron chi connectivity index (χ2n) is 4.43. The van der Waals surface area contributed by atoms with Crippen LogP contribution in [0.4, 0.5) is 5.69 Å². The quantitative estimate of drug-likeness (QED) is 0.901. The van der Waals surface area contributed by atoms with Gasteiger partial charge in [-0.1, -0.05) is 22.4 Å². The molecular formula is C13H15BrN2O. The van der Waals surface area contributed by atoms with Crippen LogP contribution >= 0.6 is 15.9 Å². The smallest absolute Gasteiger partial charge is 0.101 e. The second-order valence-corrected chi connectivity index (χ2v) is 5.34. The fraction of sp³-hybridized carbons (Fsp3) is 0.462. The highest BCUT2D eigenvalue weighted by Gasteiger charge is 2.26. The van der Waals surface area contributed by atoms with Gasteiger partial charge in [0.05, 0.1) is 11.3 Å². The van der Waals surface area contributed by atoms with Crippen molar-refractivity contribution in [2.45, 2.75) is 25.3 Å². The molecule has 90 valence electrons. The summed E-state index contributed by atoms with van der Waals surface area (Å²) in [7, 11) is 0. The highest BCUT2D eigenvalue weighted by molar-refractivity contribution is 9.10. The van der Waals surface area contributed by atoms with Crippen molar-refractivity contribution < 1.29 is 5.11 Å². The molecule has 3 nitrogen and oxygen atoms in total. The predicted octanol–water partition coefficient (Wildman–Crippen LogP) is 2.89. The predicted molar refractivity (Wildman–Crippen MR) is 70.7 cm³/mol. The Bertz CT molecular complexity index is 442. The van der Waals surface area contributed by atoms with E-state index in [0.717, 1.165) is 29.4 Å². The molecule has 2 atom stereocenters. The lowest BCUT2D eigenvalue weighted by atomic mass is 10.0. The van der Waals surface area contributed by atoms with Crippen molar-refractivity contribution in [1.82, 2.24) is 0 Å². The first-order valence-electron chi connectivity index (χ1n) is 5.81. The van der Waals surface area contributed by atoms with Crippen LogP contribution in [0.3, 0.4) is 0 Å². The van der Waals surface area contributed by atoms with Crippen LogP contribution in [-0.4, -0.2) is 17.8 Å². The Morgan fingerprint density at radius 1 is 1.47 bits per heavy atom. The van der Waals surface area contributed by atoms with Gasteiger partial charge in [0.25, 0.3) is 0 Å². The van der Waals surface area contributed by atoms with Crippen LogP contribution in [-0.2, 0) is 0 Å². The monoisotopic (exact) mass is 294 g/mol. The number of nitriles is 1. The molecule has 0 saturated heterocycles. The Morgan fingerprint density at radius 3 is 3.00 bits per heavy atom. The number of nitrogens with one attached hydrogen (secondary N) is 1. The van der Waals surface area contributed by atoms with Crippen LogP contribution in [0.2, 0.25) is 0 Å². The molecule has 17 heavy (non-hydrogen) atoms. The van der Waals surface area contributed by atoms with E-state index in [4.69, 9.17) is 5.26 Å². The molecule has 1 aromatic carbocycles. The number of hydrogen-bond acceptors (Lipinski definition) is 3. The lowest BCUT2D eigenvalue weighted by Crippen LogP contribution is -2.26. The van der Waals surface area contributed by atoms with Crippen LogP contribution in [0.1, 0.15) is 24.8 Å². The van der Waals surface area contributed by atoms with E-state index >= 15 is 0 Å². The maximum atomic E-state index is 9.27. The molecule has 4 heteroatoms. The Balaban J connectivity index is 2.16. The van der Waals surface area contributed by atoms with E-state index in [1.165, 1.54) is 0 Å². The minimum absolute atomic E-state index is 0.218. The van der Waals surface area contributed by atoms with Gasteiger partial charge in [-0.3, -0.25) is 0 Å². The van der Waals surface area contributed by atoms with Crippen LogP contribution in [0, 0.1) is 17.2 Å². The van der Waals surface area contributed by atoms with Gasteiger partial charge in [0.15, 0.2) is 0 Å². The maximum absolute atomic E-state index is 9.27. The van der Waals surface area contributed by atoms with Crippen LogP contribution in [0.15, 0.2) is 22.7 Å². The molecule has 1 aromatic rings. The van der Waals surface area contributed by atoms with Gasteiger partial charge in [-0.15, -0.1) is 0 Å². The first-order valence-corrected chi connectivity index (χ1v) is 6.61. The molecule has 0 spiro atoms. The van der Waals surface area contributed by atoms with Gasteiger partial charge in [0, 0.05) is 23.0 Å². The zero-order chi connectivity index (χ0) is 12.3. The number of aliphatic hydroxyl groups is 1. The van der Waals surface area contributed by atoms with Crippen molar-refractivity contribution in [3.05, 3.63) is 28.2 Å². The molecule has 0 bridgehead atoms. The molecule has 1 aliphatic carbocycles. The summed E-state index contributed by atoms with van der Waals surface area (Å²) >= 11 is 3.36. The lowest BCUT2D eigenvalue weighted by molar-refractivity contribution is 0.222. The zero-order valence-corrected chi connectivity index (χ0v) is 11.1. The molecular weight excluding hydrogens is 280 g/mol. The van der Waals surface area contributed by atoms with Gasteiger partial charge in [-0.2, -0.15) is 5.26 Å². The minimum atomic E-state index is 0.218. The summed E-state index contributed by atoms with van der Waals surface area (Å²) in [6, 6.07) is 8.12. The van der Waals surface area contributed by atoms with Crippen molar-refractivity contribution >= 4 is 21.6 Å². The number of aliphatic hydroxyl groups excluding tert-OH is 1. The molecule has 1 saturated carbocycles. The molecule has 0 radical (unpaired) electrons. The Morgan fingerprint density at radius 2 is 2.29 bits per heavy atom. The summed E-state index contributed by atoms with van der Waals surface area (Å²) in [6.45, 7) is 0.218. The summed E-state index contributed by atoms with van der Waals surface area (Å²) < 4.78 is 0.907. The Hall–Kier alpha value is -1.05. The largest absolute Gasteiger partial charge is 0.396 e. The van der Waals surface area contributed by atoms with Gasteiger partial charge in [-0.25, -0.2) is 0 Å². The summed E-state index contributed by atoms with van der Waals surface area (Å²) in [5, 5.41) is 21.7. The Labute approximate surface area is 110 Å². The summed E-state index contributed by atoms with van der Waals surface area (Å²) in [5.74, 6) is 0.310. The molecule has 2 N–H and O–H groups in total. The highest BCUT2D eigenvalue weighted by Crippen LogP contribution is 2.30. The third-order valence-corrected chi connectivity index (χ3v) is 3.83. The number of halogens is 1. The first kappa shape index (κ1) is 12.4. The number of rotatable bonds is 3. The van der Waals surface area contributed by atoms with Crippen molar-refractivity contribution in [2.24, 2.45) is 5.92 Å². The van der Waals surface area contributed by atoms with Gasteiger partial charge < -0.3 is 10.4 Å². The Kier molecular flexibility index (Phi) is 4.03. The molecule has 0 amide bonds. The van der Waals surface area contributed by atoms with Crippen molar-refractivity contribution in [3.63, 3.8) is 0 Å². The van der Waals surface area contributed by atoms with Crippen molar-refractivity contribution in [1.29, 1.82) is 5.26 Å². The summed E-state index contributed by atoms with van der Waals surface area (Å²) in [5.41, 5.74) is 1.50. The normalized spacial score (nSPS) is 23.4. The lowest BCUT2D eigenvalue weighted by Gasteiger charge is -2.21. The second kappa shape index (κ2) is 5.52. The van der Waals surface area contributed by atoms with Crippen LogP contribution < -0.4 is 5.32 Å². The highest BCUT2D eigenvalue weighted by atomic mass is 79.9. The van der Waals surface area contributed by atoms with Gasteiger partial charge >= 0.3 is 0 Å². The molecule has 0 aromatic heterocycles. The van der Waals surface area contributed by atoms with E-state index in [1.807, 2.05) is 18.2 Å². The third kappa shape index (κ3) is 2.80.